The number of para-hydroxylation sites is 1. The Morgan fingerprint density at radius 2 is 1.96 bits per heavy atom. The van der Waals surface area contributed by atoms with E-state index in [1.54, 1.807) is 4.90 Å². The molecule has 2 aromatic heterocycles. The first kappa shape index (κ1) is 17.6. The summed E-state index contributed by atoms with van der Waals surface area (Å²) >= 11 is 0. The van der Waals surface area contributed by atoms with E-state index in [1.165, 1.54) is 10.5 Å². The summed E-state index contributed by atoms with van der Waals surface area (Å²) in [6, 6.07) is 9.94. The van der Waals surface area contributed by atoms with Crippen molar-refractivity contribution < 1.29 is 18.0 Å². The van der Waals surface area contributed by atoms with Crippen LogP contribution in [0.3, 0.4) is 0 Å². The van der Waals surface area contributed by atoms with Crippen molar-refractivity contribution >= 4 is 17.2 Å². The largest absolute Gasteiger partial charge is 0.417 e. The van der Waals surface area contributed by atoms with Crippen molar-refractivity contribution in [1.29, 1.82) is 0 Å². The Labute approximate surface area is 154 Å². The van der Waals surface area contributed by atoms with Gasteiger partial charge in [-0.3, -0.25) is 9.20 Å². The Bertz CT molecular complexity index is 1020. The van der Waals surface area contributed by atoms with Gasteiger partial charge in [0.2, 0.25) is 0 Å². The minimum atomic E-state index is -4.48. The fraction of sp³-hybridized carbons (Fsp3) is 0.300. The number of carbonyl (C=O) groups is 1. The van der Waals surface area contributed by atoms with Crippen molar-refractivity contribution in [3.8, 4) is 0 Å². The van der Waals surface area contributed by atoms with Crippen molar-refractivity contribution in [2.45, 2.75) is 32.4 Å². The van der Waals surface area contributed by atoms with Gasteiger partial charge >= 0.3 is 6.18 Å². The molecule has 0 bridgehead atoms. The van der Waals surface area contributed by atoms with Gasteiger partial charge in [-0.05, 0) is 43.0 Å². The zero-order valence-corrected chi connectivity index (χ0v) is 14.8. The van der Waals surface area contributed by atoms with E-state index in [-0.39, 0.29) is 11.6 Å². The summed E-state index contributed by atoms with van der Waals surface area (Å²) in [5.41, 5.74) is 2.13. The van der Waals surface area contributed by atoms with Gasteiger partial charge in [0.25, 0.3) is 5.91 Å². The SMILES string of the molecule is CCc1nc2ccc(C(F)(F)F)cn2c1C(=O)N1CCCc2ccccc21. The molecule has 0 atom stereocenters. The summed E-state index contributed by atoms with van der Waals surface area (Å²) in [5.74, 6) is -0.314. The molecule has 3 heterocycles. The molecule has 4 rings (SSSR count). The molecule has 0 radical (unpaired) electrons. The Balaban J connectivity index is 1.87. The molecule has 0 aliphatic carbocycles. The number of imidazole rings is 1. The number of rotatable bonds is 2. The van der Waals surface area contributed by atoms with E-state index in [9.17, 15) is 18.0 Å². The van der Waals surface area contributed by atoms with Crippen LogP contribution in [0.15, 0.2) is 42.6 Å². The Morgan fingerprint density at radius 3 is 2.70 bits per heavy atom. The minimum Gasteiger partial charge on any atom is -0.307 e. The van der Waals surface area contributed by atoms with Crippen LogP contribution in [0.25, 0.3) is 5.65 Å². The number of fused-ring (bicyclic) bond motifs is 2. The van der Waals surface area contributed by atoms with Crippen LogP contribution in [0.4, 0.5) is 18.9 Å². The maximum Gasteiger partial charge on any atom is 0.417 e. The summed E-state index contributed by atoms with van der Waals surface area (Å²) in [6.45, 7) is 2.37. The Morgan fingerprint density at radius 1 is 1.19 bits per heavy atom. The topological polar surface area (TPSA) is 37.6 Å². The zero-order chi connectivity index (χ0) is 19.2. The van der Waals surface area contributed by atoms with Crippen LogP contribution in [0.1, 0.15) is 40.7 Å². The normalized spacial score (nSPS) is 14.4. The van der Waals surface area contributed by atoms with E-state index < -0.39 is 11.7 Å². The van der Waals surface area contributed by atoms with Gasteiger partial charge in [0, 0.05) is 18.4 Å². The van der Waals surface area contributed by atoms with Crippen molar-refractivity contribution in [2.24, 2.45) is 0 Å². The van der Waals surface area contributed by atoms with Crippen LogP contribution in [-0.4, -0.2) is 21.8 Å². The standard InChI is InChI=1S/C20H18F3N3O/c1-2-15-18(26-12-14(20(21,22)23)9-10-17(26)24-15)19(27)25-11-5-7-13-6-3-4-8-16(13)25/h3-4,6,8-10,12H,2,5,7,11H2,1H3. The first-order chi connectivity index (χ1) is 12.9. The highest BCUT2D eigenvalue weighted by atomic mass is 19.4. The van der Waals surface area contributed by atoms with E-state index >= 15 is 0 Å². The molecule has 1 aromatic carbocycles. The van der Waals surface area contributed by atoms with Gasteiger partial charge in [-0.2, -0.15) is 13.2 Å². The minimum absolute atomic E-state index is 0.204. The third-order valence-corrected chi connectivity index (χ3v) is 4.91. The maximum absolute atomic E-state index is 13.4. The molecule has 0 unspecified atom stereocenters. The summed E-state index contributed by atoms with van der Waals surface area (Å²) in [5, 5.41) is 0. The smallest absolute Gasteiger partial charge is 0.307 e. The molecule has 4 nitrogen and oxygen atoms in total. The molecule has 1 amide bonds. The van der Waals surface area contributed by atoms with Gasteiger partial charge in [0.05, 0.1) is 11.3 Å². The van der Waals surface area contributed by atoms with Crippen molar-refractivity contribution in [2.75, 3.05) is 11.4 Å². The van der Waals surface area contributed by atoms with Gasteiger partial charge in [0.1, 0.15) is 11.3 Å². The average Bonchev–Trinajstić information content (AvgIpc) is 3.04. The van der Waals surface area contributed by atoms with Crippen LogP contribution in [0, 0.1) is 0 Å². The summed E-state index contributed by atoms with van der Waals surface area (Å²) < 4.78 is 40.8. The quantitative estimate of drug-likeness (QED) is 0.663. The second kappa shape index (κ2) is 6.40. The first-order valence-corrected chi connectivity index (χ1v) is 8.88. The van der Waals surface area contributed by atoms with Gasteiger partial charge < -0.3 is 4.90 Å². The van der Waals surface area contributed by atoms with Crippen molar-refractivity contribution in [3.63, 3.8) is 0 Å². The summed E-state index contributed by atoms with van der Waals surface area (Å²) in [7, 11) is 0. The zero-order valence-electron chi connectivity index (χ0n) is 14.8. The number of amides is 1. The molecule has 1 aliphatic rings. The number of alkyl halides is 3. The molecule has 0 N–H and O–H groups in total. The molecule has 140 valence electrons. The lowest BCUT2D eigenvalue weighted by atomic mass is 10.0. The number of hydrogen-bond acceptors (Lipinski definition) is 2. The molecule has 0 saturated heterocycles. The van der Waals surface area contributed by atoms with E-state index in [1.807, 2.05) is 31.2 Å². The number of aromatic nitrogens is 2. The fourth-order valence-electron chi connectivity index (χ4n) is 3.61. The lowest BCUT2D eigenvalue weighted by Gasteiger charge is -2.29. The maximum atomic E-state index is 13.4. The average molecular weight is 373 g/mol. The number of halogens is 3. The summed E-state index contributed by atoms with van der Waals surface area (Å²) in [6.07, 6.45) is -1.37. The van der Waals surface area contributed by atoms with Crippen LogP contribution >= 0.6 is 0 Å². The molecule has 0 spiro atoms. The van der Waals surface area contributed by atoms with E-state index in [2.05, 4.69) is 4.98 Å². The molecule has 3 aromatic rings. The van der Waals surface area contributed by atoms with Crippen LogP contribution in [0.5, 0.6) is 0 Å². The van der Waals surface area contributed by atoms with Gasteiger partial charge in [-0.1, -0.05) is 25.1 Å². The number of benzene rings is 1. The van der Waals surface area contributed by atoms with E-state index in [0.717, 1.165) is 36.4 Å². The molecule has 0 fully saturated rings. The monoisotopic (exact) mass is 373 g/mol. The van der Waals surface area contributed by atoms with E-state index in [0.29, 0.717) is 24.3 Å². The number of carbonyl (C=O) groups excluding carboxylic acids is 1. The van der Waals surface area contributed by atoms with Gasteiger partial charge in [0.15, 0.2) is 0 Å². The Hall–Kier alpha value is -2.83. The fourth-order valence-corrected chi connectivity index (χ4v) is 3.61. The second-order valence-corrected chi connectivity index (χ2v) is 6.59. The van der Waals surface area contributed by atoms with Gasteiger partial charge in [-0.15, -0.1) is 0 Å². The highest BCUT2D eigenvalue weighted by Crippen LogP contribution is 2.32. The highest BCUT2D eigenvalue weighted by Gasteiger charge is 2.33. The third kappa shape index (κ3) is 2.97. The summed E-state index contributed by atoms with van der Waals surface area (Å²) in [4.78, 5) is 19.4. The molecule has 27 heavy (non-hydrogen) atoms. The lowest BCUT2D eigenvalue weighted by molar-refractivity contribution is -0.137. The molecular formula is C20H18F3N3O. The number of anilines is 1. The predicted octanol–water partition coefficient (Wildman–Crippen LogP) is 4.51. The second-order valence-electron chi connectivity index (χ2n) is 6.59. The van der Waals surface area contributed by atoms with E-state index in [4.69, 9.17) is 0 Å². The number of pyridine rings is 1. The first-order valence-electron chi connectivity index (χ1n) is 8.88. The van der Waals surface area contributed by atoms with Crippen LogP contribution < -0.4 is 4.90 Å². The predicted molar refractivity (Wildman–Crippen MR) is 96.0 cm³/mol. The van der Waals surface area contributed by atoms with Gasteiger partial charge in [-0.25, -0.2) is 4.98 Å². The molecule has 0 saturated carbocycles. The van der Waals surface area contributed by atoms with Crippen molar-refractivity contribution in [1.82, 2.24) is 9.38 Å². The molecule has 1 aliphatic heterocycles. The number of aryl methyl sites for hydroxylation is 2. The number of hydrogen-bond donors (Lipinski definition) is 0. The van der Waals surface area contributed by atoms with Crippen LogP contribution in [0.2, 0.25) is 0 Å². The van der Waals surface area contributed by atoms with Crippen LogP contribution in [-0.2, 0) is 19.0 Å². The highest BCUT2D eigenvalue weighted by molar-refractivity contribution is 6.07. The van der Waals surface area contributed by atoms with Crippen molar-refractivity contribution in [3.05, 3.63) is 65.1 Å². The lowest BCUT2D eigenvalue weighted by Crippen LogP contribution is -2.36. The Kier molecular flexibility index (Phi) is 4.17. The number of nitrogens with zero attached hydrogens (tertiary/aromatic N) is 3. The third-order valence-electron chi connectivity index (χ3n) is 4.91. The molecule has 7 heteroatoms. The molecular weight excluding hydrogens is 355 g/mol.